The van der Waals surface area contributed by atoms with E-state index in [4.69, 9.17) is 15.2 Å². The van der Waals surface area contributed by atoms with Crippen LogP contribution in [0, 0.1) is 5.41 Å². The Balaban J connectivity index is 2.41. The Hall–Kier alpha value is -2.94. The van der Waals surface area contributed by atoms with Gasteiger partial charge < -0.3 is 15.2 Å². The maximum Gasteiger partial charge on any atom is 0.343 e. The van der Waals surface area contributed by atoms with Crippen molar-refractivity contribution in [3.8, 4) is 11.5 Å². The molecule has 0 aliphatic carbocycles. The molecule has 1 heterocycles. The standard InChI is InChI=1S/C24H33N3O5S/c1-8-32-17-10-11-18-19(14-17)26(24(5,6)15-23(2,3)4)22(28)27(18)33(29,30)21-12-9-16(25)13-20(21)31-7/h9-14H,8,15,25H2,1-7H3. The normalized spacial score (nSPS) is 12.8. The van der Waals surface area contributed by atoms with Gasteiger partial charge in [-0.05, 0) is 56.9 Å². The van der Waals surface area contributed by atoms with E-state index in [-0.39, 0.29) is 21.6 Å². The fourth-order valence-electron chi connectivity index (χ4n) is 4.60. The third kappa shape index (κ3) is 4.59. The van der Waals surface area contributed by atoms with Crippen molar-refractivity contribution < 1.29 is 17.9 Å². The maximum atomic E-state index is 13.8. The fraction of sp³-hybridized carbons (Fsp3) is 0.458. The van der Waals surface area contributed by atoms with E-state index in [0.29, 0.717) is 30.0 Å². The molecule has 9 heteroatoms. The van der Waals surface area contributed by atoms with Crippen molar-refractivity contribution in [1.29, 1.82) is 0 Å². The first-order valence-corrected chi connectivity index (χ1v) is 12.3. The Morgan fingerprint density at radius 1 is 1.00 bits per heavy atom. The number of methoxy groups -OCH3 is 1. The van der Waals surface area contributed by atoms with E-state index in [1.807, 2.05) is 20.8 Å². The molecule has 3 rings (SSSR count). The molecule has 2 N–H and O–H groups in total. The molecular weight excluding hydrogens is 442 g/mol. The largest absolute Gasteiger partial charge is 0.495 e. The molecular formula is C24H33N3O5S. The van der Waals surface area contributed by atoms with Crippen molar-refractivity contribution in [1.82, 2.24) is 8.54 Å². The maximum absolute atomic E-state index is 13.8. The van der Waals surface area contributed by atoms with Crippen LogP contribution in [0.15, 0.2) is 46.1 Å². The van der Waals surface area contributed by atoms with Crippen LogP contribution in [-0.2, 0) is 15.6 Å². The number of nitrogens with two attached hydrogens (primary N) is 1. The average molecular weight is 476 g/mol. The number of fused-ring (bicyclic) bond motifs is 1. The highest BCUT2D eigenvalue weighted by atomic mass is 32.2. The van der Waals surface area contributed by atoms with Gasteiger partial charge in [0.1, 0.15) is 16.4 Å². The van der Waals surface area contributed by atoms with E-state index in [1.54, 1.807) is 22.8 Å². The lowest BCUT2D eigenvalue weighted by Crippen LogP contribution is -2.40. The summed E-state index contributed by atoms with van der Waals surface area (Å²) in [5.74, 6) is 0.632. The van der Waals surface area contributed by atoms with E-state index >= 15 is 0 Å². The van der Waals surface area contributed by atoms with Gasteiger partial charge in [-0.15, -0.1) is 0 Å². The number of imidazole rings is 1. The van der Waals surface area contributed by atoms with Crippen molar-refractivity contribution in [2.75, 3.05) is 19.5 Å². The fourth-order valence-corrected chi connectivity index (χ4v) is 6.13. The Morgan fingerprint density at radius 3 is 2.24 bits per heavy atom. The lowest BCUT2D eigenvalue weighted by atomic mass is 9.81. The summed E-state index contributed by atoms with van der Waals surface area (Å²) >= 11 is 0. The van der Waals surface area contributed by atoms with Crippen molar-refractivity contribution in [3.63, 3.8) is 0 Å². The molecule has 0 bridgehead atoms. The molecule has 0 fully saturated rings. The molecule has 33 heavy (non-hydrogen) atoms. The molecule has 0 aliphatic rings. The minimum Gasteiger partial charge on any atom is -0.495 e. The minimum atomic E-state index is -4.30. The summed E-state index contributed by atoms with van der Waals surface area (Å²) in [6.45, 7) is 12.4. The molecule has 1 aromatic heterocycles. The number of hydrogen-bond donors (Lipinski definition) is 1. The zero-order valence-corrected chi connectivity index (χ0v) is 21.1. The van der Waals surface area contributed by atoms with Crippen molar-refractivity contribution in [2.45, 2.75) is 58.4 Å². The van der Waals surface area contributed by atoms with E-state index in [9.17, 15) is 13.2 Å². The summed E-state index contributed by atoms with van der Waals surface area (Å²) in [5, 5.41) is 0. The molecule has 0 aliphatic heterocycles. The number of nitrogens with zero attached hydrogens (tertiary/aromatic N) is 2. The van der Waals surface area contributed by atoms with Crippen LogP contribution >= 0.6 is 0 Å². The number of rotatable bonds is 7. The first kappa shape index (κ1) is 24.7. The molecule has 0 amide bonds. The summed E-state index contributed by atoms with van der Waals surface area (Å²) in [4.78, 5) is 13.7. The van der Waals surface area contributed by atoms with Gasteiger partial charge in [-0.1, -0.05) is 20.8 Å². The van der Waals surface area contributed by atoms with Crippen LogP contribution in [0.3, 0.4) is 0 Å². The lowest BCUT2D eigenvalue weighted by Gasteiger charge is -2.33. The average Bonchev–Trinajstić information content (AvgIpc) is 2.98. The van der Waals surface area contributed by atoms with Crippen molar-refractivity contribution in [3.05, 3.63) is 46.9 Å². The summed E-state index contributed by atoms with van der Waals surface area (Å²) in [6.07, 6.45) is 0.642. The molecule has 0 radical (unpaired) electrons. The summed E-state index contributed by atoms with van der Waals surface area (Å²) < 4.78 is 40.9. The van der Waals surface area contributed by atoms with Crippen LogP contribution in [0.2, 0.25) is 0 Å². The third-order valence-corrected chi connectivity index (χ3v) is 7.08. The lowest BCUT2D eigenvalue weighted by molar-refractivity contribution is 0.215. The Kier molecular flexibility index (Phi) is 6.32. The molecule has 3 aromatic rings. The second kappa shape index (κ2) is 8.44. The second-order valence-electron chi connectivity index (χ2n) is 9.93. The molecule has 0 saturated carbocycles. The predicted molar refractivity (Wildman–Crippen MR) is 131 cm³/mol. The summed E-state index contributed by atoms with van der Waals surface area (Å²) in [5.41, 5.74) is 5.49. The van der Waals surface area contributed by atoms with Crippen LogP contribution in [0.25, 0.3) is 11.0 Å². The minimum absolute atomic E-state index is 0.0719. The first-order chi connectivity index (χ1) is 15.2. The van der Waals surface area contributed by atoms with Crippen molar-refractivity contribution in [2.24, 2.45) is 5.41 Å². The van der Waals surface area contributed by atoms with Crippen LogP contribution in [0.1, 0.15) is 48.0 Å². The van der Waals surface area contributed by atoms with Gasteiger partial charge in [-0.3, -0.25) is 4.57 Å². The zero-order valence-electron chi connectivity index (χ0n) is 20.3. The molecule has 8 nitrogen and oxygen atoms in total. The monoisotopic (exact) mass is 475 g/mol. The number of anilines is 1. The van der Waals surface area contributed by atoms with Gasteiger partial charge in [0.05, 0.1) is 24.8 Å². The molecule has 0 atom stereocenters. The van der Waals surface area contributed by atoms with E-state index in [1.165, 1.54) is 25.3 Å². The summed E-state index contributed by atoms with van der Waals surface area (Å²) in [6, 6.07) is 9.24. The third-order valence-electron chi connectivity index (χ3n) is 5.36. The predicted octanol–water partition coefficient (Wildman–Crippen LogP) is 4.20. The highest BCUT2D eigenvalue weighted by Crippen LogP contribution is 2.36. The first-order valence-electron chi connectivity index (χ1n) is 10.8. The van der Waals surface area contributed by atoms with Gasteiger partial charge >= 0.3 is 5.69 Å². The number of ether oxygens (including phenoxy) is 2. The Morgan fingerprint density at radius 2 is 1.67 bits per heavy atom. The van der Waals surface area contributed by atoms with Gasteiger partial charge in [-0.25, -0.2) is 13.2 Å². The molecule has 0 unspecified atom stereocenters. The zero-order chi connectivity index (χ0) is 24.8. The van der Waals surface area contributed by atoms with Gasteiger partial charge in [0.15, 0.2) is 0 Å². The van der Waals surface area contributed by atoms with E-state index < -0.39 is 21.3 Å². The molecule has 0 spiro atoms. The van der Waals surface area contributed by atoms with E-state index in [0.717, 1.165) is 3.97 Å². The SMILES string of the molecule is CCOc1ccc2c(c1)n(C(C)(C)CC(C)(C)C)c(=O)n2S(=O)(=O)c1ccc(N)cc1OC. The summed E-state index contributed by atoms with van der Waals surface area (Å²) in [7, 11) is -2.94. The Labute approximate surface area is 195 Å². The molecule has 0 saturated heterocycles. The number of hydrogen-bond acceptors (Lipinski definition) is 6. The van der Waals surface area contributed by atoms with Gasteiger partial charge in [0, 0.05) is 23.4 Å². The van der Waals surface area contributed by atoms with Gasteiger partial charge in [0.25, 0.3) is 10.0 Å². The van der Waals surface area contributed by atoms with Crippen LogP contribution in [0.4, 0.5) is 5.69 Å². The Bertz CT molecular complexity index is 1340. The molecule has 180 valence electrons. The quantitative estimate of drug-likeness (QED) is 0.514. The van der Waals surface area contributed by atoms with Crippen LogP contribution in [0.5, 0.6) is 11.5 Å². The van der Waals surface area contributed by atoms with Crippen molar-refractivity contribution >= 4 is 26.7 Å². The van der Waals surface area contributed by atoms with Crippen LogP contribution < -0.4 is 20.9 Å². The molecule has 2 aromatic carbocycles. The number of nitrogen functional groups attached to an aromatic ring is 1. The topological polar surface area (TPSA) is 106 Å². The van der Waals surface area contributed by atoms with Gasteiger partial charge in [-0.2, -0.15) is 3.97 Å². The smallest absolute Gasteiger partial charge is 0.343 e. The number of benzene rings is 2. The van der Waals surface area contributed by atoms with E-state index in [2.05, 4.69) is 20.8 Å². The van der Waals surface area contributed by atoms with Gasteiger partial charge in [0.2, 0.25) is 0 Å². The van der Waals surface area contributed by atoms with Crippen LogP contribution in [-0.4, -0.2) is 30.7 Å². The highest BCUT2D eigenvalue weighted by molar-refractivity contribution is 7.90. The highest BCUT2D eigenvalue weighted by Gasteiger charge is 2.35. The number of aromatic nitrogens is 2. The second-order valence-corrected chi connectivity index (χ2v) is 11.7.